The van der Waals surface area contributed by atoms with E-state index in [4.69, 9.17) is 10.5 Å². The minimum Gasteiger partial charge on any atom is -0.508 e. The Bertz CT molecular complexity index is 656. The number of carbonyl (C=O) groups is 1. The number of nitrogens with one attached hydrogen (secondary N) is 1. The van der Waals surface area contributed by atoms with Crippen molar-refractivity contribution in [1.29, 1.82) is 0 Å². The third-order valence-corrected chi connectivity index (χ3v) is 2.73. The van der Waals surface area contributed by atoms with Crippen molar-refractivity contribution in [2.24, 2.45) is 0 Å². The molecule has 5 N–H and O–H groups in total. The van der Waals surface area contributed by atoms with Gasteiger partial charge in [-0.2, -0.15) is 0 Å². The maximum atomic E-state index is 12.0. The Morgan fingerprint density at radius 3 is 2.60 bits per heavy atom. The van der Waals surface area contributed by atoms with Gasteiger partial charge in [0.2, 0.25) is 0 Å². The molecule has 0 aliphatic rings. The van der Waals surface area contributed by atoms with Crippen LogP contribution in [0.5, 0.6) is 17.2 Å². The zero-order valence-corrected chi connectivity index (χ0v) is 10.8. The van der Waals surface area contributed by atoms with Crippen LogP contribution < -0.4 is 15.8 Å². The number of benzene rings is 2. The lowest BCUT2D eigenvalue weighted by Crippen LogP contribution is -2.13. The van der Waals surface area contributed by atoms with E-state index in [2.05, 4.69) is 5.32 Å². The highest BCUT2D eigenvalue weighted by Gasteiger charge is 2.13. The number of nitrogens with two attached hydrogens (primary N) is 1. The summed E-state index contributed by atoms with van der Waals surface area (Å²) in [6.45, 7) is 0. The van der Waals surface area contributed by atoms with Crippen molar-refractivity contribution in [3.63, 3.8) is 0 Å². The first-order chi connectivity index (χ1) is 9.51. The van der Waals surface area contributed by atoms with Gasteiger partial charge in [0, 0.05) is 6.07 Å². The second-order valence-electron chi connectivity index (χ2n) is 4.11. The average Bonchev–Trinajstić information content (AvgIpc) is 2.43. The molecule has 0 aliphatic heterocycles. The maximum Gasteiger partial charge on any atom is 0.259 e. The molecule has 0 unspecified atom stereocenters. The fraction of sp³-hybridized carbons (Fsp3) is 0.0714. The molecule has 20 heavy (non-hydrogen) atoms. The summed E-state index contributed by atoms with van der Waals surface area (Å²) in [6, 6.07) is 8.50. The van der Waals surface area contributed by atoms with Gasteiger partial charge in [-0.25, -0.2) is 0 Å². The molecule has 2 rings (SSSR count). The molecule has 0 radical (unpaired) electrons. The van der Waals surface area contributed by atoms with Gasteiger partial charge in [-0.1, -0.05) is 0 Å². The van der Waals surface area contributed by atoms with E-state index in [0.29, 0.717) is 17.1 Å². The summed E-state index contributed by atoms with van der Waals surface area (Å²) in [5.41, 5.74) is 6.46. The van der Waals surface area contributed by atoms with Crippen LogP contribution in [0.4, 0.5) is 11.4 Å². The topological polar surface area (TPSA) is 105 Å². The number of rotatable bonds is 3. The lowest BCUT2D eigenvalue weighted by molar-refractivity contribution is 0.102. The van der Waals surface area contributed by atoms with E-state index in [1.807, 2.05) is 0 Å². The fourth-order valence-electron chi connectivity index (χ4n) is 1.68. The van der Waals surface area contributed by atoms with E-state index >= 15 is 0 Å². The van der Waals surface area contributed by atoms with Gasteiger partial charge in [-0.05, 0) is 30.3 Å². The summed E-state index contributed by atoms with van der Waals surface area (Å²) in [5.74, 6) is -0.348. The third kappa shape index (κ3) is 2.74. The van der Waals surface area contributed by atoms with Crippen LogP contribution in [0, 0.1) is 0 Å². The van der Waals surface area contributed by atoms with E-state index in [0.717, 1.165) is 0 Å². The van der Waals surface area contributed by atoms with E-state index in [1.165, 1.54) is 25.3 Å². The normalized spacial score (nSPS) is 10.1. The number of aromatic hydroxyl groups is 2. The molecule has 2 aromatic carbocycles. The van der Waals surface area contributed by atoms with Crippen LogP contribution >= 0.6 is 0 Å². The van der Waals surface area contributed by atoms with Crippen molar-refractivity contribution < 1.29 is 19.7 Å². The van der Waals surface area contributed by atoms with Crippen molar-refractivity contribution >= 4 is 17.3 Å². The smallest absolute Gasteiger partial charge is 0.259 e. The van der Waals surface area contributed by atoms with Crippen LogP contribution in [0.2, 0.25) is 0 Å². The van der Waals surface area contributed by atoms with Gasteiger partial charge in [0.05, 0.1) is 24.0 Å². The molecule has 0 saturated heterocycles. The Hall–Kier alpha value is -2.89. The summed E-state index contributed by atoms with van der Waals surface area (Å²) in [6.07, 6.45) is 0. The standard InChI is InChI=1S/C14H14N2O4/c1-20-9-3-4-12(11(15)7-9)16-14(19)10-6-8(17)2-5-13(10)18/h2-7,17-18H,15H2,1H3,(H,16,19). The molecule has 0 saturated carbocycles. The van der Waals surface area contributed by atoms with Gasteiger partial charge in [-0.15, -0.1) is 0 Å². The molecule has 2 aromatic rings. The monoisotopic (exact) mass is 274 g/mol. The van der Waals surface area contributed by atoms with Crippen molar-refractivity contribution in [2.45, 2.75) is 0 Å². The molecular weight excluding hydrogens is 260 g/mol. The minimum atomic E-state index is -0.574. The molecular formula is C14H14N2O4. The highest BCUT2D eigenvalue weighted by molar-refractivity contribution is 6.07. The summed E-state index contributed by atoms with van der Waals surface area (Å²) in [4.78, 5) is 12.0. The lowest BCUT2D eigenvalue weighted by Gasteiger charge is -2.10. The van der Waals surface area contributed by atoms with Gasteiger partial charge in [0.1, 0.15) is 17.2 Å². The van der Waals surface area contributed by atoms with E-state index in [-0.39, 0.29) is 17.1 Å². The van der Waals surface area contributed by atoms with Crippen LogP contribution in [0.25, 0.3) is 0 Å². The number of amides is 1. The lowest BCUT2D eigenvalue weighted by atomic mass is 10.1. The van der Waals surface area contributed by atoms with Gasteiger partial charge in [0.25, 0.3) is 5.91 Å². The van der Waals surface area contributed by atoms with Crippen LogP contribution in [0.1, 0.15) is 10.4 Å². The van der Waals surface area contributed by atoms with Crippen molar-refractivity contribution in [1.82, 2.24) is 0 Å². The van der Waals surface area contributed by atoms with Crippen LogP contribution in [-0.2, 0) is 0 Å². The SMILES string of the molecule is COc1ccc(NC(=O)c2cc(O)ccc2O)c(N)c1. The highest BCUT2D eigenvalue weighted by atomic mass is 16.5. The number of carbonyl (C=O) groups excluding carboxylic acids is 1. The van der Waals surface area contributed by atoms with E-state index in [9.17, 15) is 15.0 Å². The third-order valence-electron chi connectivity index (χ3n) is 2.73. The Morgan fingerprint density at radius 1 is 1.20 bits per heavy atom. The van der Waals surface area contributed by atoms with Gasteiger partial charge >= 0.3 is 0 Å². The molecule has 6 nitrogen and oxygen atoms in total. The number of phenols is 2. The molecule has 1 amide bonds. The van der Waals surface area contributed by atoms with Crippen molar-refractivity contribution in [3.8, 4) is 17.2 Å². The predicted octanol–water partition coefficient (Wildman–Crippen LogP) is 1.94. The number of phenolic OH excluding ortho intramolecular Hbond substituents is 2. The van der Waals surface area contributed by atoms with Crippen molar-refractivity contribution in [2.75, 3.05) is 18.2 Å². The second kappa shape index (κ2) is 5.40. The molecule has 6 heteroatoms. The van der Waals surface area contributed by atoms with E-state index in [1.54, 1.807) is 18.2 Å². The van der Waals surface area contributed by atoms with Crippen LogP contribution in [0.3, 0.4) is 0 Å². The zero-order chi connectivity index (χ0) is 14.7. The largest absolute Gasteiger partial charge is 0.508 e. The number of methoxy groups -OCH3 is 1. The second-order valence-corrected chi connectivity index (χ2v) is 4.11. The van der Waals surface area contributed by atoms with Gasteiger partial charge in [0.15, 0.2) is 0 Å². The molecule has 0 spiro atoms. The number of hydrogen-bond acceptors (Lipinski definition) is 5. The first kappa shape index (κ1) is 13.5. The summed E-state index contributed by atoms with van der Waals surface area (Å²) in [7, 11) is 1.51. The first-order valence-corrected chi connectivity index (χ1v) is 5.78. The molecule has 104 valence electrons. The Kier molecular flexibility index (Phi) is 3.65. The molecule has 0 aromatic heterocycles. The first-order valence-electron chi connectivity index (χ1n) is 5.78. The quantitative estimate of drug-likeness (QED) is 0.505. The van der Waals surface area contributed by atoms with Crippen molar-refractivity contribution in [3.05, 3.63) is 42.0 Å². The molecule has 0 aliphatic carbocycles. The molecule has 0 bridgehead atoms. The maximum absolute atomic E-state index is 12.0. The summed E-state index contributed by atoms with van der Waals surface area (Å²) in [5, 5.41) is 21.5. The minimum absolute atomic E-state index is 0.0415. The van der Waals surface area contributed by atoms with Gasteiger partial charge < -0.3 is 26.0 Å². The number of hydrogen-bond donors (Lipinski definition) is 4. The summed E-state index contributed by atoms with van der Waals surface area (Å²) >= 11 is 0. The van der Waals surface area contributed by atoms with E-state index < -0.39 is 5.91 Å². The zero-order valence-electron chi connectivity index (χ0n) is 10.8. The Labute approximate surface area is 115 Å². The molecule has 0 atom stereocenters. The predicted molar refractivity (Wildman–Crippen MR) is 75.1 cm³/mol. The van der Waals surface area contributed by atoms with Gasteiger partial charge in [-0.3, -0.25) is 4.79 Å². The highest BCUT2D eigenvalue weighted by Crippen LogP contribution is 2.27. The molecule has 0 fully saturated rings. The Balaban J connectivity index is 2.25. The number of nitrogen functional groups attached to an aromatic ring is 1. The van der Waals surface area contributed by atoms with Crippen LogP contribution in [0.15, 0.2) is 36.4 Å². The number of anilines is 2. The fourth-order valence-corrected chi connectivity index (χ4v) is 1.68. The Morgan fingerprint density at radius 2 is 1.95 bits per heavy atom. The number of ether oxygens (including phenoxy) is 1. The summed E-state index contributed by atoms with van der Waals surface area (Å²) < 4.78 is 5.01. The average molecular weight is 274 g/mol. The van der Waals surface area contributed by atoms with Crippen LogP contribution in [-0.4, -0.2) is 23.2 Å². The molecule has 0 heterocycles.